The summed E-state index contributed by atoms with van der Waals surface area (Å²) < 4.78 is 1.75. The standard InChI is InChI=1S/C22H28Cl2N8O.C2H6/c1-3-6-25-14-19(33)31-7-9-32(10-8-31)22-28-18-13-27-30(2)20(18)21(29-22)26-12-15-4-5-16(23)11-17(15)24;1-2/h4-5,11,13,25H,3,6-10,12,14H2,1-2H3,(H,26,28,29);1-2H3. The Morgan fingerprint density at radius 1 is 1.11 bits per heavy atom. The van der Waals surface area contributed by atoms with E-state index in [1.807, 2.05) is 37.9 Å². The van der Waals surface area contributed by atoms with Gasteiger partial charge in [0.25, 0.3) is 0 Å². The van der Waals surface area contributed by atoms with Gasteiger partial charge in [-0.2, -0.15) is 10.1 Å². The van der Waals surface area contributed by atoms with Gasteiger partial charge in [0, 0.05) is 49.8 Å². The minimum absolute atomic E-state index is 0.133. The van der Waals surface area contributed by atoms with Crippen molar-refractivity contribution in [1.29, 1.82) is 0 Å². The first kappa shape index (κ1) is 27.0. The fourth-order valence-electron chi connectivity index (χ4n) is 3.82. The summed E-state index contributed by atoms with van der Waals surface area (Å²) in [5.41, 5.74) is 2.49. The minimum Gasteiger partial charge on any atom is -0.364 e. The molecule has 0 radical (unpaired) electrons. The van der Waals surface area contributed by atoms with Crippen molar-refractivity contribution in [3.05, 3.63) is 40.0 Å². The van der Waals surface area contributed by atoms with Crippen molar-refractivity contribution in [2.75, 3.05) is 49.5 Å². The normalized spacial score (nSPS) is 13.5. The second-order valence-corrected chi connectivity index (χ2v) is 8.85. The molecule has 1 amide bonds. The number of amides is 1. The topological polar surface area (TPSA) is 91.2 Å². The summed E-state index contributed by atoms with van der Waals surface area (Å²) in [5, 5.41) is 12.1. The Bertz CT molecular complexity index is 1130. The van der Waals surface area contributed by atoms with E-state index in [0.717, 1.165) is 29.6 Å². The molecule has 0 unspecified atom stereocenters. The maximum Gasteiger partial charge on any atom is 0.236 e. The summed E-state index contributed by atoms with van der Waals surface area (Å²) in [6, 6.07) is 5.43. The largest absolute Gasteiger partial charge is 0.364 e. The molecule has 1 fully saturated rings. The Hall–Kier alpha value is -2.62. The molecule has 2 aromatic heterocycles. The summed E-state index contributed by atoms with van der Waals surface area (Å²) in [6.45, 7) is 10.4. The summed E-state index contributed by atoms with van der Waals surface area (Å²) in [7, 11) is 1.86. The highest BCUT2D eigenvalue weighted by molar-refractivity contribution is 6.35. The molecule has 4 rings (SSSR count). The molecule has 0 saturated carbocycles. The van der Waals surface area contributed by atoms with Gasteiger partial charge in [-0.25, -0.2) is 4.98 Å². The lowest BCUT2D eigenvalue weighted by atomic mass is 10.2. The highest BCUT2D eigenvalue weighted by Gasteiger charge is 2.24. The van der Waals surface area contributed by atoms with E-state index in [2.05, 4.69) is 27.6 Å². The van der Waals surface area contributed by atoms with E-state index in [9.17, 15) is 4.79 Å². The van der Waals surface area contributed by atoms with Crippen molar-refractivity contribution in [3.63, 3.8) is 0 Å². The number of fused-ring (bicyclic) bond motifs is 1. The van der Waals surface area contributed by atoms with Crippen LogP contribution in [0.5, 0.6) is 0 Å². The smallest absolute Gasteiger partial charge is 0.236 e. The van der Waals surface area contributed by atoms with Crippen LogP contribution in [0.25, 0.3) is 11.0 Å². The van der Waals surface area contributed by atoms with Gasteiger partial charge in [-0.05, 0) is 30.7 Å². The van der Waals surface area contributed by atoms with E-state index >= 15 is 0 Å². The Morgan fingerprint density at radius 3 is 2.54 bits per heavy atom. The Labute approximate surface area is 216 Å². The highest BCUT2D eigenvalue weighted by Crippen LogP contribution is 2.26. The SMILES string of the molecule is CC.CCCNCC(=O)N1CCN(c2nc(NCc3ccc(Cl)cc3Cl)c3c(cnn3C)n2)CC1. The number of aromatic nitrogens is 4. The average molecular weight is 521 g/mol. The number of carbonyl (C=O) groups is 1. The van der Waals surface area contributed by atoms with Gasteiger partial charge in [-0.1, -0.05) is 50.0 Å². The van der Waals surface area contributed by atoms with Gasteiger partial charge >= 0.3 is 0 Å². The monoisotopic (exact) mass is 520 g/mol. The number of benzene rings is 1. The molecule has 0 atom stereocenters. The molecule has 2 N–H and O–H groups in total. The molecule has 35 heavy (non-hydrogen) atoms. The molecule has 3 aromatic rings. The fraction of sp³-hybridized carbons (Fsp3) is 0.500. The van der Waals surface area contributed by atoms with E-state index in [-0.39, 0.29) is 5.91 Å². The minimum atomic E-state index is 0.133. The van der Waals surface area contributed by atoms with Crippen molar-refractivity contribution >= 4 is 51.9 Å². The van der Waals surface area contributed by atoms with Crippen LogP contribution in [0.1, 0.15) is 32.8 Å². The summed E-state index contributed by atoms with van der Waals surface area (Å²) >= 11 is 12.4. The molecular weight excluding hydrogens is 487 g/mol. The number of carbonyl (C=O) groups excluding carboxylic acids is 1. The summed E-state index contributed by atoms with van der Waals surface area (Å²) in [5.74, 6) is 1.44. The summed E-state index contributed by atoms with van der Waals surface area (Å²) in [4.78, 5) is 25.9. The predicted octanol–water partition coefficient (Wildman–Crippen LogP) is 3.96. The molecule has 1 aromatic carbocycles. The quantitative estimate of drug-likeness (QED) is 0.434. The molecule has 0 spiro atoms. The van der Waals surface area contributed by atoms with E-state index < -0.39 is 0 Å². The van der Waals surface area contributed by atoms with E-state index in [0.29, 0.717) is 61.1 Å². The Kier molecular flexibility index (Phi) is 9.94. The van der Waals surface area contributed by atoms with Crippen LogP contribution in [0.3, 0.4) is 0 Å². The van der Waals surface area contributed by atoms with Crippen LogP contribution in [0.4, 0.5) is 11.8 Å². The number of hydrogen-bond donors (Lipinski definition) is 2. The van der Waals surface area contributed by atoms with Crippen molar-refractivity contribution in [2.45, 2.75) is 33.7 Å². The van der Waals surface area contributed by atoms with Gasteiger partial charge in [0.15, 0.2) is 5.82 Å². The number of rotatable bonds is 8. The number of anilines is 2. The maximum absolute atomic E-state index is 12.4. The molecule has 9 nitrogen and oxygen atoms in total. The number of aryl methyl sites for hydroxylation is 1. The van der Waals surface area contributed by atoms with Crippen LogP contribution < -0.4 is 15.5 Å². The van der Waals surface area contributed by atoms with Gasteiger partial charge in [0.05, 0.1) is 12.7 Å². The maximum atomic E-state index is 12.4. The van der Waals surface area contributed by atoms with Crippen LogP contribution in [0.15, 0.2) is 24.4 Å². The van der Waals surface area contributed by atoms with Crippen LogP contribution in [0.2, 0.25) is 10.0 Å². The molecule has 11 heteroatoms. The number of piperazine rings is 1. The Morgan fingerprint density at radius 2 is 1.86 bits per heavy atom. The summed E-state index contributed by atoms with van der Waals surface area (Å²) in [6.07, 6.45) is 2.75. The third-order valence-corrected chi connectivity index (χ3v) is 6.24. The molecule has 0 bridgehead atoms. The number of nitrogens with one attached hydrogen (secondary N) is 2. The molecule has 1 aliphatic heterocycles. The molecule has 190 valence electrons. The number of nitrogens with zero attached hydrogens (tertiary/aromatic N) is 6. The van der Waals surface area contributed by atoms with Crippen LogP contribution in [0, 0.1) is 0 Å². The van der Waals surface area contributed by atoms with Crippen molar-refractivity contribution < 1.29 is 4.79 Å². The first-order valence-corrected chi connectivity index (χ1v) is 12.8. The van der Waals surface area contributed by atoms with Crippen molar-refractivity contribution in [3.8, 4) is 0 Å². The molecular formula is C24H34Cl2N8O. The zero-order valence-corrected chi connectivity index (χ0v) is 22.3. The Balaban J connectivity index is 0.00000167. The van der Waals surface area contributed by atoms with Gasteiger partial charge in [-0.15, -0.1) is 0 Å². The van der Waals surface area contributed by atoms with Crippen molar-refractivity contribution in [2.24, 2.45) is 7.05 Å². The van der Waals surface area contributed by atoms with Gasteiger partial charge in [-0.3, -0.25) is 9.48 Å². The lowest BCUT2D eigenvalue weighted by Gasteiger charge is -2.35. The number of hydrogen-bond acceptors (Lipinski definition) is 7. The lowest BCUT2D eigenvalue weighted by Crippen LogP contribution is -2.51. The van der Waals surface area contributed by atoms with Gasteiger partial charge in [0.2, 0.25) is 11.9 Å². The molecule has 1 saturated heterocycles. The predicted molar refractivity (Wildman–Crippen MR) is 143 cm³/mol. The van der Waals surface area contributed by atoms with Gasteiger partial charge < -0.3 is 20.4 Å². The van der Waals surface area contributed by atoms with Crippen LogP contribution in [-0.4, -0.2) is 69.8 Å². The lowest BCUT2D eigenvalue weighted by molar-refractivity contribution is -0.130. The average Bonchev–Trinajstić information content (AvgIpc) is 3.25. The van der Waals surface area contributed by atoms with E-state index in [1.165, 1.54) is 0 Å². The fourth-order valence-corrected chi connectivity index (χ4v) is 4.29. The van der Waals surface area contributed by atoms with E-state index in [4.69, 9.17) is 33.2 Å². The zero-order chi connectivity index (χ0) is 25.4. The second-order valence-electron chi connectivity index (χ2n) is 8.01. The molecule has 3 heterocycles. The van der Waals surface area contributed by atoms with E-state index in [1.54, 1.807) is 16.9 Å². The van der Waals surface area contributed by atoms with Gasteiger partial charge in [0.1, 0.15) is 11.0 Å². The first-order valence-electron chi connectivity index (χ1n) is 12.1. The molecule has 1 aliphatic rings. The second kappa shape index (κ2) is 12.9. The third-order valence-electron chi connectivity index (χ3n) is 5.66. The highest BCUT2D eigenvalue weighted by atomic mass is 35.5. The van der Waals surface area contributed by atoms with Crippen LogP contribution in [-0.2, 0) is 18.4 Å². The third kappa shape index (κ3) is 6.74. The zero-order valence-electron chi connectivity index (χ0n) is 20.8. The molecule has 0 aliphatic carbocycles. The van der Waals surface area contributed by atoms with Crippen LogP contribution >= 0.6 is 23.2 Å². The van der Waals surface area contributed by atoms with Crippen molar-refractivity contribution in [1.82, 2.24) is 30.0 Å². The number of halogens is 2. The first-order chi connectivity index (χ1) is 17.0.